The number of carbonyl (C=O) groups is 2. The lowest BCUT2D eigenvalue weighted by Gasteiger charge is -2.35. The third-order valence-electron chi connectivity index (χ3n) is 3.19. The van der Waals surface area contributed by atoms with E-state index >= 15 is 0 Å². The zero-order chi connectivity index (χ0) is 17.9. The molecule has 0 unspecified atom stereocenters. The summed E-state index contributed by atoms with van der Waals surface area (Å²) in [5.41, 5.74) is 0.954. The second-order valence-corrected chi connectivity index (χ2v) is 6.09. The molecule has 5 nitrogen and oxygen atoms in total. The molecule has 0 atom stereocenters. The quantitative estimate of drug-likeness (QED) is 0.860. The first-order chi connectivity index (χ1) is 11.2. The van der Waals surface area contributed by atoms with Gasteiger partial charge in [0.1, 0.15) is 17.2 Å². The summed E-state index contributed by atoms with van der Waals surface area (Å²) in [5.74, 6) is -3.59. The van der Waals surface area contributed by atoms with Crippen LogP contribution in [0, 0.1) is 11.6 Å². The Kier molecular flexibility index (Phi) is 4.92. The number of hydrazine groups is 1. The minimum atomic E-state index is -1.04. The van der Waals surface area contributed by atoms with Gasteiger partial charge < -0.3 is 0 Å². The van der Waals surface area contributed by atoms with E-state index in [9.17, 15) is 18.4 Å². The molecule has 0 aliphatic carbocycles. The molecule has 0 spiro atoms. The molecule has 1 aromatic carbocycles. The summed E-state index contributed by atoms with van der Waals surface area (Å²) in [7, 11) is 0. The van der Waals surface area contributed by atoms with E-state index in [-0.39, 0.29) is 5.56 Å². The minimum Gasteiger partial charge on any atom is -0.267 e. The number of hydrogen-bond acceptors (Lipinski definition) is 3. The molecule has 2 amide bonds. The number of carbonyl (C=O) groups excluding carboxylic acids is 2. The van der Waals surface area contributed by atoms with Crippen LogP contribution in [-0.2, 0) is 0 Å². The Labute approximate surface area is 138 Å². The van der Waals surface area contributed by atoms with E-state index in [0.717, 1.165) is 23.2 Å². The minimum absolute atomic E-state index is 0.238. The van der Waals surface area contributed by atoms with Crippen LogP contribution in [0.15, 0.2) is 42.7 Å². The second kappa shape index (κ2) is 6.74. The smallest absolute Gasteiger partial charge is 0.267 e. The van der Waals surface area contributed by atoms with Crippen LogP contribution in [0.4, 0.5) is 8.78 Å². The fourth-order valence-corrected chi connectivity index (χ4v) is 2.01. The van der Waals surface area contributed by atoms with E-state index in [1.165, 1.54) is 18.5 Å². The van der Waals surface area contributed by atoms with Crippen LogP contribution in [0.25, 0.3) is 0 Å². The Morgan fingerprint density at radius 1 is 1.08 bits per heavy atom. The number of pyridine rings is 1. The first-order valence-electron chi connectivity index (χ1n) is 7.21. The Morgan fingerprint density at radius 2 is 1.71 bits per heavy atom. The number of amides is 2. The van der Waals surface area contributed by atoms with Crippen LogP contribution >= 0.6 is 0 Å². The van der Waals surface area contributed by atoms with Crippen LogP contribution in [0.1, 0.15) is 41.5 Å². The molecule has 0 saturated heterocycles. The first-order valence-corrected chi connectivity index (χ1v) is 7.21. The fraction of sp³-hybridized carbons (Fsp3) is 0.235. The molecule has 0 fully saturated rings. The molecule has 0 bridgehead atoms. The number of nitrogens with one attached hydrogen (secondary N) is 1. The second-order valence-electron chi connectivity index (χ2n) is 6.09. The van der Waals surface area contributed by atoms with Crippen LogP contribution in [0.3, 0.4) is 0 Å². The largest absolute Gasteiger partial charge is 0.275 e. The predicted octanol–water partition coefficient (Wildman–Crippen LogP) is 2.95. The number of aromatic nitrogens is 1. The third kappa shape index (κ3) is 3.73. The van der Waals surface area contributed by atoms with Gasteiger partial charge in [0, 0.05) is 12.4 Å². The average Bonchev–Trinajstić information content (AvgIpc) is 2.51. The van der Waals surface area contributed by atoms with Crippen LogP contribution in [0.5, 0.6) is 0 Å². The number of halogens is 2. The monoisotopic (exact) mass is 333 g/mol. The topological polar surface area (TPSA) is 62.3 Å². The van der Waals surface area contributed by atoms with Gasteiger partial charge in [-0.15, -0.1) is 0 Å². The van der Waals surface area contributed by atoms with Crippen molar-refractivity contribution in [2.24, 2.45) is 0 Å². The zero-order valence-electron chi connectivity index (χ0n) is 13.5. The summed E-state index contributed by atoms with van der Waals surface area (Å²) in [5, 5.41) is 1.03. The molecule has 0 radical (unpaired) electrons. The van der Waals surface area contributed by atoms with Gasteiger partial charge in [0.2, 0.25) is 0 Å². The standard InChI is InChI=1S/C17H17F2N3O2/c1-17(2,3)22(16(24)11-6-5-9-20-10-11)21-15(23)14-12(18)7-4-8-13(14)19/h4-10H,1-3H3,(H,21,23). The van der Waals surface area contributed by atoms with Crippen molar-refractivity contribution in [1.82, 2.24) is 15.4 Å². The van der Waals surface area contributed by atoms with Crippen LogP contribution in [-0.4, -0.2) is 27.3 Å². The van der Waals surface area contributed by atoms with Gasteiger partial charge in [0.25, 0.3) is 11.8 Å². The maximum absolute atomic E-state index is 13.8. The molecule has 126 valence electrons. The number of nitrogens with zero attached hydrogens (tertiary/aromatic N) is 2. The van der Waals surface area contributed by atoms with E-state index in [1.807, 2.05) is 0 Å². The van der Waals surface area contributed by atoms with Gasteiger partial charge in [-0.25, -0.2) is 13.8 Å². The maximum atomic E-state index is 13.8. The van der Waals surface area contributed by atoms with Gasteiger partial charge in [-0.1, -0.05) is 6.07 Å². The predicted molar refractivity (Wildman–Crippen MR) is 84.0 cm³/mol. The molecular weight excluding hydrogens is 316 g/mol. The summed E-state index contributed by atoms with van der Waals surface area (Å²) in [6.45, 7) is 5.04. The normalized spacial score (nSPS) is 11.0. The van der Waals surface area contributed by atoms with Crippen molar-refractivity contribution in [2.75, 3.05) is 0 Å². The lowest BCUT2D eigenvalue weighted by Crippen LogP contribution is -2.56. The Bertz CT molecular complexity index is 738. The van der Waals surface area contributed by atoms with E-state index < -0.39 is 34.6 Å². The lowest BCUT2D eigenvalue weighted by atomic mass is 10.1. The van der Waals surface area contributed by atoms with Gasteiger partial charge in [0.05, 0.1) is 11.1 Å². The van der Waals surface area contributed by atoms with E-state index in [0.29, 0.717) is 0 Å². The molecule has 0 saturated carbocycles. The van der Waals surface area contributed by atoms with Crippen LogP contribution in [0.2, 0.25) is 0 Å². The average molecular weight is 333 g/mol. The molecule has 0 aliphatic rings. The third-order valence-corrected chi connectivity index (χ3v) is 3.19. The highest BCUT2D eigenvalue weighted by Crippen LogP contribution is 2.17. The van der Waals surface area contributed by atoms with Crippen LogP contribution < -0.4 is 5.43 Å². The van der Waals surface area contributed by atoms with Gasteiger partial charge >= 0.3 is 0 Å². The summed E-state index contributed by atoms with van der Waals surface area (Å²) < 4.78 is 27.5. The highest BCUT2D eigenvalue weighted by Gasteiger charge is 2.31. The molecule has 2 aromatic rings. The summed E-state index contributed by atoms with van der Waals surface area (Å²) in [4.78, 5) is 28.7. The van der Waals surface area contributed by atoms with Gasteiger partial charge in [-0.05, 0) is 45.0 Å². The van der Waals surface area contributed by atoms with Crippen molar-refractivity contribution >= 4 is 11.8 Å². The summed E-state index contributed by atoms with van der Waals surface area (Å²) in [6.07, 6.45) is 2.85. The molecule has 24 heavy (non-hydrogen) atoms. The van der Waals surface area contributed by atoms with Gasteiger partial charge in [-0.2, -0.15) is 0 Å². The van der Waals surface area contributed by atoms with Gasteiger partial charge in [0.15, 0.2) is 0 Å². The van der Waals surface area contributed by atoms with Crippen molar-refractivity contribution in [3.8, 4) is 0 Å². The fourth-order valence-electron chi connectivity index (χ4n) is 2.01. The van der Waals surface area contributed by atoms with E-state index in [4.69, 9.17) is 0 Å². The summed E-state index contributed by atoms with van der Waals surface area (Å²) >= 11 is 0. The first kappa shape index (κ1) is 17.5. The summed E-state index contributed by atoms with van der Waals surface area (Å²) in [6, 6.07) is 6.21. The van der Waals surface area contributed by atoms with Crippen molar-refractivity contribution in [2.45, 2.75) is 26.3 Å². The van der Waals surface area contributed by atoms with Crippen molar-refractivity contribution in [3.63, 3.8) is 0 Å². The Balaban J connectivity index is 2.34. The molecule has 7 heteroatoms. The lowest BCUT2D eigenvalue weighted by molar-refractivity contribution is 0.0355. The van der Waals surface area contributed by atoms with Crippen molar-refractivity contribution in [1.29, 1.82) is 0 Å². The molecule has 1 heterocycles. The Hall–Kier alpha value is -2.83. The maximum Gasteiger partial charge on any atom is 0.275 e. The van der Waals surface area contributed by atoms with E-state index in [1.54, 1.807) is 26.8 Å². The number of hydrogen-bond donors (Lipinski definition) is 1. The SMILES string of the molecule is CC(C)(C)N(NC(=O)c1c(F)cccc1F)C(=O)c1cccnc1. The van der Waals surface area contributed by atoms with Crippen molar-refractivity contribution in [3.05, 3.63) is 65.5 Å². The Morgan fingerprint density at radius 3 is 2.21 bits per heavy atom. The molecule has 2 rings (SSSR count). The zero-order valence-corrected chi connectivity index (χ0v) is 13.5. The van der Waals surface area contributed by atoms with E-state index in [2.05, 4.69) is 10.4 Å². The molecule has 0 aliphatic heterocycles. The number of rotatable bonds is 2. The highest BCUT2D eigenvalue weighted by atomic mass is 19.1. The molecule has 1 aromatic heterocycles. The van der Waals surface area contributed by atoms with Crippen molar-refractivity contribution < 1.29 is 18.4 Å². The van der Waals surface area contributed by atoms with Gasteiger partial charge in [-0.3, -0.25) is 20.0 Å². The highest BCUT2D eigenvalue weighted by molar-refractivity contribution is 5.99. The molecular formula is C17H17F2N3O2. The number of benzene rings is 1. The molecule has 1 N–H and O–H groups in total.